The van der Waals surface area contributed by atoms with E-state index >= 15 is 0 Å². The van der Waals surface area contributed by atoms with Crippen molar-refractivity contribution in [3.63, 3.8) is 0 Å². The van der Waals surface area contributed by atoms with E-state index in [0.717, 1.165) is 25.1 Å². The van der Waals surface area contributed by atoms with Crippen LogP contribution in [0.25, 0.3) is 0 Å². The second kappa shape index (κ2) is 12.5. The van der Waals surface area contributed by atoms with Crippen molar-refractivity contribution in [1.29, 1.82) is 0 Å². The van der Waals surface area contributed by atoms with Crippen LogP contribution in [0.2, 0.25) is 0 Å². The summed E-state index contributed by atoms with van der Waals surface area (Å²) in [4.78, 5) is 28.1. The number of rotatable bonds is 9. The zero-order valence-corrected chi connectivity index (χ0v) is 19.6. The molecule has 0 aliphatic carbocycles. The molecule has 7 nitrogen and oxygen atoms in total. The van der Waals surface area contributed by atoms with E-state index in [0.29, 0.717) is 26.2 Å². The molecule has 7 heteroatoms. The summed E-state index contributed by atoms with van der Waals surface area (Å²) in [5.41, 5.74) is 1.57. The number of amides is 3. The Balaban J connectivity index is 1.68. The van der Waals surface area contributed by atoms with Crippen LogP contribution < -0.4 is 5.32 Å². The number of ether oxygens (including phenoxy) is 2. The molecule has 0 atom stereocenters. The third-order valence-electron chi connectivity index (χ3n) is 5.24. The Morgan fingerprint density at radius 2 is 1.48 bits per heavy atom. The van der Waals surface area contributed by atoms with Crippen LogP contribution in [-0.4, -0.2) is 67.4 Å². The highest BCUT2D eigenvalue weighted by Crippen LogP contribution is 2.15. The molecule has 1 N–H and O–H groups in total. The molecule has 3 amide bonds. The van der Waals surface area contributed by atoms with Crippen LogP contribution in [-0.2, 0) is 15.9 Å². The maximum absolute atomic E-state index is 12.5. The summed E-state index contributed by atoms with van der Waals surface area (Å²) >= 11 is 0. The summed E-state index contributed by atoms with van der Waals surface area (Å²) in [6, 6.07) is 7.96. The summed E-state index contributed by atoms with van der Waals surface area (Å²) < 4.78 is 10.5. The molecule has 0 unspecified atom stereocenters. The maximum Gasteiger partial charge on any atom is 0.410 e. The van der Waals surface area contributed by atoms with Gasteiger partial charge in [0.25, 0.3) is 0 Å². The molecule has 0 spiro atoms. The number of benzene rings is 1. The number of piperazine rings is 1. The van der Waals surface area contributed by atoms with Gasteiger partial charge in [0, 0.05) is 45.6 Å². The fraction of sp³-hybridized carbons (Fsp3) is 0.667. The Hall–Kier alpha value is -2.28. The van der Waals surface area contributed by atoms with Gasteiger partial charge in [0.15, 0.2) is 0 Å². The Morgan fingerprint density at radius 1 is 0.903 bits per heavy atom. The minimum Gasteiger partial charge on any atom is -0.444 e. The number of methoxy groups -OCH3 is 1. The predicted octanol–water partition coefficient (Wildman–Crippen LogP) is 4.91. The molecule has 1 aromatic carbocycles. The quantitative estimate of drug-likeness (QED) is 0.562. The van der Waals surface area contributed by atoms with Crippen molar-refractivity contribution in [3.05, 3.63) is 29.8 Å². The van der Waals surface area contributed by atoms with Crippen molar-refractivity contribution in [3.8, 4) is 0 Å². The molecule has 1 saturated heterocycles. The number of unbranched alkanes of at least 4 members (excludes halogenated alkanes) is 4. The van der Waals surface area contributed by atoms with Crippen molar-refractivity contribution < 1.29 is 19.1 Å². The number of nitrogens with zero attached hydrogens (tertiary/aromatic N) is 2. The minimum absolute atomic E-state index is 0.132. The predicted molar refractivity (Wildman–Crippen MR) is 124 cm³/mol. The van der Waals surface area contributed by atoms with Crippen LogP contribution in [0.3, 0.4) is 0 Å². The molecule has 0 saturated carbocycles. The zero-order chi connectivity index (χ0) is 22.7. The third kappa shape index (κ3) is 9.59. The summed E-state index contributed by atoms with van der Waals surface area (Å²) in [5.74, 6) is 0. The lowest BCUT2D eigenvalue weighted by atomic mass is 10.1. The van der Waals surface area contributed by atoms with Crippen LogP contribution in [0.5, 0.6) is 0 Å². The van der Waals surface area contributed by atoms with E-state index in [1.807, 2.05) is 32.9 Å². The fourth-order valence-corrected chi connectivity index (χ4v) is 3.48. The van der Waals surface area contributed by atoms with Gasteiger partial charge < -0.3 is 24.6 Å². The highest BCUT2D eigenvalue weighted by atomic mass is 16.6. The van der Waals surface area contributed by atoms with Gasteiger partial charge in [-0.15, -0.1) is 0 Å². The van der Waals surface area contributed by atoms with Crippen molar-refractivity contribution in [2.45, 2.75) is 64.9 Å². The number of aryl methyl sites for hydroxylation is 1. The lowest BCUT2D eigenvalue weighted by Gasteiger charge is -2.35. The first-order valence-corrected chi connectivity index (χ1v) is 11.4. The van der Waals surface area contributed by atoms with Crippen LogP contribution in [0.1, 0.15) is 58.4 Å². The zero-order valence-electron chi connectivity index (χ0n) is 19.6. The van der Waals surface area contributed by atoms with E-state index in [2.05, 4.69) is 17.4 Å². The Morgan fingerprint density at radius 3 is 2.10 bits per heavy atom. The van der Waals surface area contributed by atoms with E-state index in [-0.39, 0.29) is 12.1 Å². The molecule has 0 radical (unpaired) electrons. The fourth-order valence-electron chi connectivity index (χ4n) is 3.48. The smallest absolute Gasteiger partial charge is 0.410 e. The van der Waals surface area contributed by atoms with Gasteiger partial charge in [-0.1, -0.05) is 31.4 Å². The van der Waals surface area contributed by atoms with Gasteiger partial charge in [0.1, 0.15) is 5.60 Å². The van der Waals surface area contributed by atoms with Crippen molar-refractivity contribution in [2.24, 2.45) is 0 Å². The average molecular weight is 434 g/mol. The average Bonchev–Trinajstić information content (AvgIpc) is 2.73. The molecule has 1 aromatic rings. The molecule has 1 aliphatic rings. The number of nitrogens with one attached hydrogen (secondary N) is 1. The molecule has 1 fully saturated rings. The molecule has 31 heavy (non-hydrogen) atoms. The number of anilines is 1. The largest absolute Gasteiger partial charge is 0.444 e. The summed E-state index contributed by atoms with van der Waals surface area (Å²) in [6.45, 7) is 8.35. The number of hydrogen-bond acceptors (Lipinski definition) is 4. The van der Waals surface area contributed by atoms with Gasteiger partial charge in [-0.25, -0.2) is 9.59 Å². The molecule has 2 rings (SSSR count). The van der Waals surface area contributed by atoms with Gasteiger partial charge >= 0.3 is 12.1 Å². The molecular formula is C24H39N3O4. The topological polar surface area (TPSA) is 71.1 Å². The van der Waals surface area contributed by atoms with E-state index in [1.54, 1.807) is 16.9 Å². The molecule has 0 aromatic heterocycles. The SMILES string of the molecule is COCCCCCCCc1ccc(NC(=O)N2CCN(C(=O)OC(C)(C)C)CC2)cc1. The van der Waals surface area contributed by atoms with Crippen LogP contribution >= 0.6 is 0 Å². The first-order chi connectivity index (χ1) is 14.8. The Labute approximate surface area is 187 Å². The summed E-state index contributed by atoms with van der Waals surface area (Å²) in [7, 11) is 1.75. The van der Waals surface area contributed by atoms with Gasteiger partial charge in [-0.2, -0.15) is 0 Å². The van der Waals surface area contributed by atoms with Gasteiger partial charge in [0.05, 0.1) is 0 Å². The van der Waals surface area contributed by atoms with E-state index < -0.39 is 5.60 Å². The molecule has 174 valence electrons. The standard InChI is InChI=1S/C24H39N3O4/c1-24(2,3)31-23(29)27-17-15-26(16-18-27)22(28)25-21-13-11-20(12-14-21)10-8-6-5-7-9-19-30-4/h11-14H,5-10,15-19H2,1-4H3,(H,25,28). The van der Waals surface area contributed by atoms with Gasteiger partial charge in [-0.05, 0) is 57.7 Å². The van der Waals surface area contributed by atoms with Crippen molar-refractivity contribution >= 4 is 17.8 Å². The first kappa shape index (κ1) is 25.0. The van der Waals surface area contributed by atoms with E-state index in [1.165, 1.54) is 31.2 Å². The van der Waals surface area contributed by atoms with Gasteiger partial charge in [0.2, 0.25) is 0 Å². The summed E-state index contributed by atoms with van der Waals surface area (Å²) in [6.07, 6.45) is 6.77. The maximum atomic E-state index is 12.5. The molecule has 1 heterocycles. The monoisotopic (exact) mass is 433 g/mol. The normalized spacial score (nSPS) is 14.5. The second-order valence-electron chi connectivity index (χ2n) is 9.09. The van der Waals surface area contributed by atoms with Crippen molar-refractivity contribution in [1.82, 2.24) is 9.80 Å². The minimum atomic E-state index is -0.512. The molecule has 1 aliphatic heterocycles. The van der Waals surface area contributed by atoms with Crippen LogP contribution in [0.15, 0.2) is 24.3 Å². The summed E-state index contributed by atoms with van der Waals surface area (Å²) in [5, 5.41) is 2.96. The highest BCUT2D eigenvalue weighted by Gasteiger charge is 2.27. The van der Waals surface area contributed by atoms with Crippen LogP contribution in [0, 0.1) is 0 Å². The first-order valence-electron chi connectivity index (χ1n) is 11.4. The highest BCUT2D eigenvalue weighted by molar-refractivity contribution is 5.89. The number of carbonyl (C=O) groups is 2. The van der Waals surface area contributed by atoms with Crippen LogP contribution in [0.4, 0.5) is 15.3 Å². The Kier molecular flexibility index (Phi) is 10.1. The van der Waals surface area contributed by atoms with Crippen molar-refractivity contribution in [2.75, 3.05) is 45.2 Å². The van der Waals surface area contributed by atoms with E-state index in [4.69, 9.17) is 9.47 Å². The number of carbonyl (C=O) groups excluding carboxylic acids is 2. The lowest BCUT2D eigenvalue weighted by Crippen LogP contribution is -2.52. The lowest BCUT2D eigenvalue weighted by molar-refractivity contribution is 0.0174. The molecule has 0 bridgehead atoms. The Bertz CT molecular complexity index is 677. The number of hydrogen-bond donors (Lipinski definition) is 1. The number of urea groups is 1. The van der Waals surface area contributed by atoms with Gasteiger partial charge in [-0.3, -0.25) is 0 Å². The second-order valence-corrected chi connectivity index (χ2v) is 9.09. The molecular weight excluding hydrogens is 394 g/mol. The van der Waals surface area contributed by atoms with E-state index in [9.17, 15) is 9.59 Å². The third-order valence-corrected chi connectivity index (χ3v) is 5.24.